The molecule has 1 aromatic rings. The first-order valence-corrected chi connectivity index (χ1v) is 4.75. The molecule has 0 saturated heterocycles. The van der Waals surface area contributed by atoms with E-state index in [9.17, 15) is 8.78 Å². The van der Waals surface area contributed by atoms with E-state index in [1.807, 2.05) is 13.8 Å². The normalized spacial score (nSPS) is 10.5. The van der Waals surface area contributed by atoms with Gasteiger partial charge in [-0.1, -0.05) is 13.8 Å². The van der Waals surface area contributed by atoms with Crippen LogP contribution in [0.5, 0.6) is 0 Å². The van der Waals surface area contributed by atoms with Gasteiger partial charge in [-0.15, -0.1) is 12.6 Å². The highest BCUT2D eigenvalue weighted by atomic mass is 32.1. The van der Waals surface area contributed by atoms with E-state index in [0.29, 0.717) is 28.9 Å². The summed E-state index contributed by atoms with van der Waals surface area (Å²) in [6.07, 6.45) is 1.08. The molecular weight excluding hydrogens is 190 g/mol. The molecule has 0 bridgehead atoms. The topological polar surface area (TPSA) is 0 Å². The van der Waals surface area contributed by atoms with Crippen LogP contribution in [-0.4, -0.2) is 0 Å². The molecule has 13 heavy (non-hydrogen) atoms. The third-order valence-corrected chi connectivity index (χ3v) is 2.65. The van der Waals surface area contributed by atoms with Gasteiger partial charge in [-0.3, -0.25) is 0 Å². The van der Waals surface area contributed by atoms with Gasteiger partial charge in [0, 0.05) is 22.1 Å². The number of hydrogen-bond donors (Lipinski definition) is 1. The number of rotatable bonds is 2. The Bertz CT molecular complexity index is 293. The quantitative estimate of drug-likeness (QED) is 0.698. The molecule has 0 aromatic heterocycles. The highest BCUT2D eigenvalue weighted by Gasteiger charge is 2.13. The van der Waals surface area contributed by atoms with Crippen molar-refractivity contribution >= 4 is 12.6 Å². The summed E-state index contributed by atoms with van der Waals surface area (Å²) < 4.78 is 26.3. The van der Waals surface area contributed by atoms with E-state index >= 15 is 0 Å². The van der Waals surface area contributed by atoms with Crippen LogP contribution >= 0.6 is 12.6 Å². The van der Waals surface area contributed by atoms with Gasteiger partial charge in [0.15, 0.2) is 0 Å². The lowest BCUT2D eigenvalue weighted by atomic mass is 10.1. The van der Waals surface area contributed by atoms with Gasteiger partial charge in [-0.2, -0.15) is 0 Å². The zero-order valence-electron chi connectivity index (χ0n) is 7.69. The van der Waals surface area contributed by atoms with Gasteiger partial charge in [-0.25, -0.2) is 8.78 Å². The molecule has 0 amide bonds. The molecule has 0 aliphatic carbocycles. The third kappa shape index (κ3) is 1.85. The third-order valence-electron chi connectivity index (χ3n) is 2.11. The zero-order chi connectivity index (χ0) is 10.0. The maximum Gasteiger partial charge on any atom is 0.130 e. The summed E-state index contributed by atoms with van der Waals surface area (Å²) in [5, 5.41) is 0. The molecule has 0 radical (unpaired) electrons. The van der Waals surface area contributed by atoms with E-state index in [1.165, 1.54) is 0 Å². The van der Waals surface area contributed by atoms with Crippen molar-refractivity contribution < 1.29 is 8.78 Å². The van der Waals surface area contributed by atoms with Crippen molar-refractivity contribution in [2.24, 2.45) is 0 Å². The zero-order valence-corrected chi connectivity index (χ0v) is 8.59. The smallest absolute Gasteiger partial charge is 0.130 e. The first-order valence-electron chi connectivity index (χ1n) is 4.30. The maximum absolute atomic E-state index is 13.1. The lowest BCUT2D eigenvalue weighted by Gasteiger charge is -2.09. The Labute approximate surface area is 82.4 Å². The predicted octanol–water partition coefficient (Wildman–Crippen LogP) is 3.38. The molecule has 0 aliphatic heterocycles. The molecule has 72 valence electrons. The van der Waals surface area contributed by atoms with Gasteiger partial charge in [-0.05, 0) is 12.8 Å². The van der Waals surface area contributed by atoms with Crippen LogP contribution < -0.4 is 0 Å². The summed E-state index contributed by atoms with van der Waals surface area (Å²) in [6.45, 7) is 3.66. The monoisotopic (exact) mass is 202 g/mol. The lowest BCUT2D eigenvalue weighted by Crippen LogP contribution is -1.99. The molecule has 0 N–H and O–H groups in total. The van der Waals surface area contributed by atoms with Crippen molar-refractivity contribution in [1.29, 1.82) is 0 Å². The van der Waals surface area contributed by atoms with Crippen molar-refractivity contribution in [3.63, 3.8) is 0 Å². The van der Waals surface area contributed by atoms with Crippen LogP contribution in [0.15, 0.2) is 11.0 Å². The van der Waals surface area contributed by atoms with E-state index < -0.39 is 11.6 Å². The second-order valence-corrected chi connectivity index (χ2v) is 3.30. The molecule has 0 aliphatic rings. The Kier molecular flexibility index (Phi) is 3.31. The van der Waals surface area contributed by atoms with Gasteiger partial charge >= 0.3 is 0 Å². The second-order valence-electron chi connectivity index (χ2n) is 2.85. The first kappa shape index (κ1) is 10.5. The predicted molar refractivity (Wildman–Crippen MR) is 52.4 cm³/mol. The Morgan fingerprint density at radius 2 is 1.46 bits per heavy atom. The Morgan fingerprint density at radius 1 is 1.08 bits per heavy atom. The summed E-state index contributed by atoms with van der Waals surface area (Å²) in [6, 6.07) is 0.942. The van der Waals surface area contributed by atoms with Crippen molar-refractivity contribution in [2.45, 2.75) is 31.6 Å². The summed E-state index contributed by atoms with van der Waals surface area (Å²) in [5.74, 6) is -0.996. The average Bonchev–Trinajstić information content (AvgIpc) is 2.04. The minimum atomic E-state index is -0.498. The summed E-state index contributed by atoms with van der Waals surface area (Å²) >= 11 is 4.13. The van der Waals surface area contributed by atoms with Crippen LogP contribution in [-0.2, 0) is 12.8 Å². The van der Waals surface area contributed by atoms with Crippen molar-refractivity contribution in [3.8, 4) is 0 Å². The SMILES string of the molecule is CCc1c(F)cc(F)c(CC)c1S. The van der Waals surface area contributed by atoms with Gasteiger partial charge in [0.1, 0.15) is 11.6 Å². The van der Waals surface area contributed by atoms with E-state index in [1.54, 1.807) is 0 Å². The van der Waals surface area contributed by atoms with Crippen molar-refractivity contribution in [1.82, 2.24) is 0 Å². The van der Waals surface area contributed by atoms with E-state index in [4.69, 9.17) is 0 Å². The summed E-state index contributed by atoms with van der Waals surface area (Å²) in [7, 11) is 0. The van der Waals surface area contributed by atoms with Gasteiger partial charge < -0.3 is 0 Å². The molecule has 0 heterocycles. The number of halogens is 2. The largest absolute Gasteiger partial charge is 0.207 e. The molecule has 0 fully saturated rings. The van der Waals surface area contributed by atoms with Crippen LogP contribution in [0.3, 0.4) is 0 Å². The molecule has 1 aromatic carbocycles. The van der Waals surface area contributed by atoms with Crippen LogP contribution in [0.25, 0.3) is 0 Å². The number of benzene rings is 1. The first-order chi connectivity index (χ1) is 6.11. The van der Waals surface area contributed by atoms with E-state index in [0.717, 1.165) is 6.07 Å². The van der Waals surface area contributed by atoms with Crippen LogP contribution in [0.1, 0.15) is 25.0 Å². The molecule has 0 atom stereocenters. The highest BCUT2D eigenvalue weighted by molar-refractivity contribution is 7.80. The molecule has 1 rings (SSSR count). The fourth-order valence-electron chi connectivity index (χ4n) is 1.37. The average molecular weight is 202 g/mol. The van der Waals surface area contributed by atoms with Gasteiger partial charge in [0.2, 0.25) is 0 Å². The molecular formula is C10H12F2S. The fraction of sp³-hybridized carbons (Fsp3) is 0.400. The van der Waals surface area contributed by atoms with Gasteiger partial charge in [0.05, 0.1) is 0 Å². The van der Waals surface area contributed by atoms with Crippen LogP contribution in [0.4, 0.5) is 8.78 Å². The van der Waals surface area contributed by atoms with E-state index in [2.05, 4.69) is 12.6 Å². The molecule has 0 unspecified atom stereocenters. The number of hydrogen-bond acceptors (Lipinski definition) is 1. The molecule has 3 heteroatoms. The van der Waals surface area contributed by atoms with Crippen molar-refractivity contribution in [3.05, 3.63) is 28.8 Å². The molecule has 0 spiro atoms. The summed E-state index contributed by atoms with van der Waals surface area (Å²) in [4.78, 5) is 0.461. The molecule has 0 saturated carbocycles. The van der Waals surface area contributed by atoms with Gasteiger partial charge in [0.25, 0.3) is 0 Å². The molecule has 0 nitrogen and oxygen atoms in total. The minimum Gasteiger partial charge on any atom is -0.207 e. The van der Waals surface area contributed by atoms with Crippen LogP contribution in [0.2, 0.25) is 0 Å². The highest BCUT2D eigenvalue weighted by Crippen LogP contribution is 2.25. The Hall–Kier alpha value is -0.570. The summed E-state index contributed by atoms with van der Waals surface area (Å²) in [5.41, 5.74) is 1.00. The maximum atomic E-state index is 13.1. The Balaban J connectivity index is 3.39. The minimum absolute atomic E-state index is 0.461. The second kappa shape index (κ2) is 4.09. The standard InChI is InChI=1S/C10H12F2S/c1-3-6-8(11)5-9(12)7(4-2)10(6)13/h5,13H,3-4H2,1-2H3. The Morgan fingerprint density at radius 3 is 1.77 bits per heavy atom. The fourth-order valence-corrected chi connectivity index (χ4v) is 1.90. The number of thiol groups is 1. The van der Waals surface area contributed by atoms with Crippen molar-refractivity contribution in [2.75, 3.05) is 0 Å². The van der Waals surface area contributed by atoms with Crippen LogP contribution in [0, 0.1) is 11.6 Å². The van der Waals surface area contributed by atoms with E-state index in [-0.39, 0.29) is 0 Å². The lowest BCUT2D eigenvalue weighted by molar-refractivity contribution is 0.555.